The van der Waals surface area contributed by atoms with Gasteiger partial charge in [-0.05, 0) is 31.5 Å². The van der Waals surface area contributed by atoms with Crippen molar-refractivity contribution >= 4 is 29.1 Å². The van der Waals surface area contributed by atoms with Gasteiger partial charge in [0, 0.05) is 36.1 Å². The van der Waals surface area contributed by atoms with Gasteiger partial charge in [-0.2, -0.15) is 4.98 Å². The van der Waals surface area contributed by atoms with Crippen LogP contribution in [0.15, 0.2) is 24.3 Å². The van der Waals surface area contributed by atoms with E-state index in [0.717, 1.165) is 22.8 Å². The first-order chi connectivity index (χ1) is 10.1. The monoisotopic (exact) mass is 306 g/mol. The van der Waals surface area contributed by atoms with Crippen molar-refractivity contribution in [2.45, 2.75) is 13.8 Å². The third-order valence-electron chi connectivity index (χ3n) is 2.91. The third-order valence-corrected chi connectivity index (χ3v) is 3.14. The number of halogens is 1. The van der Waals surface area contributed by atoms with Crippen LogP contribution in [0.25, 0.3) is 0 Å². The first-order valence-corrected chi connectivity index (χ1v) is 7.08. The van der Waals surface area contributed by atoms with Gasteiger partial charge >= 0.3 is 0 Å². The fraction of sp³-hybridized carbons (Fsp3) is 0.333. The van der Waals surface area contributed by atoms with Gasteiger partial charge in [0.25, 0.3) is 0 Å². The van der Waals surface area contributed by atoms with E-state index in [4.69, 9.17) is 16.3 Å². The topological polar surface area (TPSA) is 59.1 Å². The van der Waals surface area contributed by atoms with Crippen molar-refractivity contribution in [2.75, 3.05) is 30.9 Å². The smallest absolute Gasteiger partial charge is 0.224 e. The average Bonchev–Trinajstić information content (AvgIpc) is 2.43. The van der Waals surface area contributed by atoms with Gasteiger partial charge in [-0.3, -0.25) is 0 Å². The van der Waals surface area contributed by atoms with Gasteiger partial charge in [0.05, 0.1) is 6.61 Å². The number of benzene rings is 1. The highest BCUT2D eigenvalue weighted by atomic mass is 35.5. The summed E-state index contributed by atoms with van der Waals surface area (Å²) in [6.45, 7) is 5.21. The summed E-state index contributed by atoms with van der Waals surface area (Å²) in [7, 11) is 1.66. The van der Waals surface area contributed by atoms with Gasteiger partial charge in [0.2, 0.25) is 5.95 Å². The van der Waals surface area contributed by atoms with E-state index in [1.165, 1.54) is 0 Å². The summed E-state index contributed by atoms with van der Waals surface area (Å²) >= 11 is 6.03. The number of rotatable bonds is 6. The molecule has 0 aliphatic rings. The van der Waals surface area contributed by atoms with E-state index >= 15 is 0 Å². The molecule has 0 unspecified atom stereocenters. The molecule has 1 aromatic carbocycles. The second kappa shape index (κ2) is 7.24. The summed E-state index contributed by atoms with van der Waals surface area (Å²) in [5.41, 5.74) is 2.92. The zero-order valence-electron chi connectivity index (χ0n) is 12.4. The fourth-order valence-corrected chi connectivity index (χ4v) is 2.02. The lowest BCUT2D eigenvalue weighted by Crippen LogP contribution is -2.11. The number of hydrogen-bond donors (Lipinski definition) is 2. The molecular weight excluding hydrogens is 288 g/mol. The number of nitrogens with one attached hydrogen (secondary N) is 2. The minimum Gasteiger partial charge on any atom is -0.383 e. The molecule has 112 valence electrons. The zero-order chi connectivity index (χ0) is 15.2. The second-order valence-corrected chi connectivity index (χ2v) is 5.16. The van der Waals surface area contributed by atoms with Gasteiger partial charge in [0.1, 0.15) is 5.82 Å². The number of aryl methyl sites for hydroxylation is 2. The Bertz CT molecular complexity index is 619. The molecule has 0 saturated carbocycles. The van der Waals surface area contributed by atoms with E-state index in [2.05, 4.69) is 20.6 Å². The maximum atomic E-state index is 6.03. The van der Waals surface area contributed by atoms with Gasteiger partial charge in [-0.25, -0.2) is 4.98 Å². The number of hydrogen-bond acceptors (Lipinski definition) is 5. The molecule has 21 heavy (non-hydrogen) atoms. The van der Waals surface area contributed by atoms with Gasteiger partial charge in [-0.1, -0.05) is 17.7 Å². The molecule has 1 aromatic heterocycles. The molecule has 0 amide bonds. The number of aromatic nitrogens is 2. The number of ether oxygens (including phenoxy) is 1. The van der Waals surface area contributed by atoms with Crippen LogP contribution in [0.3, 0.4) is 0 Å². The zero-order valence-corrected chi connectivity index (χ0v) is 13.2. The van der Waals surface area contributed by atoms with Crippen LogP contribution in [-0.4, -0.2) is 30.2 Å². The van der Waals surface area contributed by atoms with E-state index in [9.17, 15) is 0 Å². The van der Waals surface area contributed by atoms with Crippen molar-refractivity contribution in [3.05, 3.63) is 40.5 Å². The van der Waals surface area contributed by atoms with Crippen LogP contribution >= 0.6 is 11.6 Å². The maximum Gasteiger partial charge on any atom is 0.224 e. The number of anilines is 3. The second-order valence-electron chi connectivity index (χ2n) is 4.72. The Kier molecular flexibility index (Phi) is 5.36. The summed E-state index contributed by atoms with van der Waals surface area (Å²) in [6.07, 6.45) is 0. The van der Waals surface area contributed by atoms with Crippen LogP contribution in [0.1, 0.15) is 11.3 Å². The first kappa shape index (κ1) is 15.5. The SMILES string of the molecule is COCCNc1nc(C)cc(Nc2cc(Cl)ccc2C)n1. The van der Waals surface area contributed by atoms with Crippen molar-refractivity contribution < 1.29 is 4.74 Å². The fourth-order valence-electron chi connectivity index (χ4n) is 1.84. The Morgan fingerprint density at radius 3 is 2.76 bits per heavy atom. The molecule has 0 fully saturated rings. The summed E-state index contributed by atoms with van der Waals surface area (Å²) in [6, 6.07) is 7.61. The molecule has 0 bridgehead atoms. The molecule has 6 heteroatoms. The van der Waals surface area contributed by atoms with Crippen LogP contribution in [-0.2, 0) is 4.74 Å². The molecule has 0 radical (unpaired) electrons. The average molecular weight is 307 g/mol. The van der Waals surface area contributed by atoms with Gasteiger partial charge < -0.3 is 15.4 Å². The van der Waals surface area contributed by atoms with Crippen molar-refractivity contribution in [2.24, 2.45) is 0 Å². The van der Waals surface area contributed by atoms with Crippen LogP contribution < -0.4 is 10.6 Å². The minimum absolute atomic E-state index is 0.578. The van der Waals surface area contributed by atoms with E-state index in [1.807, 2.05) is 38.1 Å². The van der Waals surface area contributed by atoms with Crippen LogP contribution in [0.4, 0.5) is 17.5 Å². The summed E-state index contributed by atoms with van der Waals surface area (Å²) in [5, 5.41) is 7.09. The van der Waals surface area contributed by atoms with E-state index < -0.39 is 0 Å². The molecule has 0 aliphatic heterocycles. The Morgan fingerprint density at radius 1 is 1.19 bits per heavy atom. The molecule has 0 spiro atoms. The van der Waals surface area contributed by atoms with Crippen LogP contribution in [0.5, 0.6) is 0 Å². The molecule has 2 aromatic rings. The lowest BCUT2D eigenvalue weighted by Gasteiger charge is -2.11. The maximum absolute atomic E-state index is 6.03. The van der Waals surface area contributed by atoms with E-state index in [1.54, 1.807) is 7.11 Å². The number of methoxy groups -OCH3 is 1. The predicted molar refractivity (Wildman–Crippen MR) is 86.6 cm³/mol. The predicted octanol–water partition coefficient (Wildman–Crippen LogP) is 3.55. The normalized spacial score (nSPS) is 10.5. The highest BCUT2D eigenvalue weighted by molar-refractivity contribution is 6.30. The van der Waals surface area contributed by atoms with Crippen molar-refractivity contribution in [1.82, 2.24) is 9.97 Å². The third kappa shape index (κ3) is 4.58. The molecule has 1 heterocycles. The van der Waals surface area contributed by atoms with Crippen molar-refractivity contribution in [3.8, 4) is 0 Å². The Hall–Kier alpha value is -1.85. The first-order valence-electron chi connectivity index (χ1n) is 6.70. The molecule has 0 saturated heterocycles. The minimum atomic E-state index is 0.578. The largest absolute Gasteiger partial charge is 0.383 e. The molecule has 0 atom stereocenters. The van der Waals surface area contributed by atoms with Gasteiger partial charge in [-0.15, -0.1) is 0 Å². The number of nitrogens with zero attached hydrogens (tertiary/aromatic N) is 2. The van der Waals surface area contributed by atoms with Crippen molar-refractivity contribution in [3.63, 3.8) is 0 Å². The van der Waals surface area contributed by atoms with Crippen LogP contribution in [0.2, 0.25) is 5.02 Å². The summed E-state index contributed by atoms with van der Waals surface area (Å²) < 4.78 is 5.00. The lowest BCUT2D eigenvalue weighted by atomic mass is 10.2. The Morgan fingerprint density at radius 2 is 2.00 bits per heavy atom. The van der Waals surface area contributed by atoms with E-state index in [0.29, 0.717) is 24.1 Å². The molecule has 2 N–H and O–H groups in total. The van der Waals surface area contributed by atoms with Gasteiger partial charge in [0.15, 0.2) is 0 Å². The standard InChI is InChI=1S/C15H19ClN4O/c1-10-4-5-12(16)9-13(10)19-14-8-11(2)18-15(20-14)17-6-7-21-3/h4-5,8-9H,6-7H2,1-3H3,(H2,17,18,19,20). The molecule has 2 rings (SSSR count). The van der Waals surface area contributed by atoms with Crippen LogP contribution in [0, 0.1) is 13.8 Å². The molecule has 0 aliphatic carbocycles. The molecule has 5 nitrogen and oxygen atoms in total. The summed E-state index contributed by atoms with van der Waals surface area (Å²) in [5.74, 6) is 1.31. The Labute approximate surface area is 129 Å². The van der Waals surface area contributed by atoms with Crippen molar-refractivity contribution in [1.29, 1.82) is 0 Å². The highest BCUT2D eigenvalue weighted by Gasteiger charge is 2.05. The lowest BCUT2D eigenvalue weighted by molar-refractivity contribution is 0.210. The molecular formula is C15H19ClN4O. The summed E-state index contributed by atoms with van der Waals surface area (Å²) in [4.78, 5) is 8.78. The Balaban J connectivity index is 2.17. The highest BCUT2D eigenvalue weighted by Crippen LogP contribution is 2.24. The van der Waals surface area contributed by atoms with E-state index in [-0.39, 0.29) is 0 Å². The quantitative estimate of drug-likeness (QED) is 0.799.